The van der Waals surface area contributed by atoms with Crippen LogP contribution in [0.4, 0.5) is 4.39 Å². The lowest BCUT2D eigenvalue weighted by Gasteiger charge is -2.17. The zero-order valence-corrected chi connectivity index (χ0v) is 12.1. The number of aryl methyl sites for hydroxylation is 3. The van der Waals surface area contributed by atoms with Crippen molar-refractivity contribution < 1.29 is 4.39 Å². The van der Waals surface area contributed by atoms with Gasteiger partial charge in [-0.05, 0) is 68.1 Å². The number of thiophene rings is 1. The number of rotatable bonds is 3. The molecule has 19 heavy (non-hydrogen) atoms. The molecule has 0 aliphatic heterocycles. The van der Waals surface area contributed by atoms with Crippen molar-refractivity contribution in [2.24, 2.45) is 0 Å². The summed E-state index contributed by atoms with van der Waals surface area (Å²) in [6.07, 6.45) is 3.73. The molecule has 0 saturated heterocycles. The van der Waals surface area contributed by atoms with Crippen LogP contribution in [0.5, 0.6) is 0 Å². The van der Waals surface area contributed by atoms with Crippen molar-refractivity contribution in [3.63, 3.8) is 0 Å². The number of fused-ring (bicyclic) bond motifs is 1. The third-order valence-corrected chi connectivity index (χ3v) is 5.18. The minimum absolute atomic E-state index is 0.162. The van der Waals surface area contributed by atoms with Crippen molar-refractivity contribution in [3.05, 3.63) is 56.5 Å². The molecule has 1 unspecified atom stereocenters. The third-order valence-electron chi connectivity index (χ3n) is 3.88. The van der Waals surface area contributed by atoms with E-state index in [0.717, 1.165) is 5.56 Å². The second-order valence-electron chi connectivity index (χ2n) is 5.17. The number of hydrogen-bond donors (Lipinski definition) is 1. The molecule has 0 bridgehead atoms. The highest BCUT2D eigenvalue weighted by molar-refractivity contribution is 7.12. The summed E-state index contributed by atoms with van der Waals surface area (Å²) in [5.74, 6) is -0.162. The molecule has 1 N–H and O–H groups in total. The normalized spacial score (nSPS) is 15.5. The number of benzene rings is 1. The van der Waals surface area contributed by atoms with Gasteiger partial charge in [0.2, 0.25) is 0 Å². The summed E-state index contributed by atoms with van der Waals surface area (Å²) >= 11 is 1.91. The highest BCUT2D eigenvalue weighted by Gasteiger charge is 2.21. The molecule has 0 radical (unpaired) electrons. The SMILES string of the molecule is CNC(c1cc2c(s1)CCC2)c1ccc(F)cc1C. The van der Waals surface area contributed by atoms with Crippen LogP contribution in [0.1, 0.15) is 38.9 Å². The van der Waals surface area contributed by atoms with Crippen LogP contribution >= 0.6 is 11.3 Å². The summed E-state index contributed by atoms with van der Waals surface area (Å²) in [6, 6.07) is 7.57. The fraction of sp³-hybridized carbons (Fsp3) is 0.375. The van der Waals surface area contributed by atoms with Gasteiger partial charge in [0.15, 0.2) is 0 Å². The predicted molar refractivity (Wildman–Crippen MR) is 78.4 cm³/mol. The van der Waals surface area contributed by atoms with Crippen molar-refractivity contribution in [3.8, 4) is 0 Å². The lowest BCUT2D eigenvalue weighted by Crippen LogP contribution is -2.17. The molecule has 0 amide bonds. The summed E-state index contributed by atoms with van der Waals surface area (Å²) in [6.45, 7) is 1.98. The van der Waals surface area contributed by atoms with Gasteiger partial charge in [0.05, 0.1) is 6.04 Å². The van der Waals surface area contributed by atoms with E-state index in [-0.39, 0.29) is 11.9 Å². The summed E-state index contributed by atoms with van der Waals surface area (Å²) < 4.78 is 13.2. The van der Waals surface area contributed by atoms with Gasteiger partial charge in [-0.2, -0.15) is 0 Å². The Hall–Kier alpha value is -1.19. The fourth-order valence-corrected chi connectivity index (χ4v) is 4.30. The zero-order valence-electron chi connectivity index (χ0n) is 11.3. The van der Waals surface area contributed by atoms with E-state index in [1.54, 1.807) is 12.1 Å². The first-order valence-electron chi connectivity index (χ1n) is 6.74. The van der Waals surface area contributed by atoms with Crippen LogP contribution in [0.25, 0.3) is 0 Å². The zero-order chi connectivity index (χ0) is 13.4. The molecule has 3 rings (SSSR count). The Morgan fingerprint density at radius 2 is 2.11 bits per heavy atom. The lowest BCUT2D eigenvalue weighted by molar-refractivity contribution is 0.622. The average Bonchev–Trinajstić information content (AvgIpc) is 2.93. The molecule has 1 nitrogen and oxygen atoms in total. The summed E-state index contributed by atoms with van der Waals surface area (Å²) in [4.78, 5) is 2.89. The maximum atomic E-state index is 13.2. The molecular weight excluding hydrogens is 257 g/mol. The highest BCUT2D eigenvalue weighted by Crippen LogP contribution is 2.36. The van der Waals surface area contributed by atoms with Gasteiger partial charge >= 0.3 is 0 Å². The summed E-state index contributed by atoms with van der Waals surface area (Å²) in [7, 11) is 1.97. The van der Waals surface area contributed by atoms with Crippen LogP contribution < -0.4 is 5.32 Å². The number of nitrogens with one attached hydrogen (secondary N) is 1. The van der Waals surface area contributed by atoms with E-state index in [9.17, 15) is 4.39 Å². The Bertz CT molecular complexity index is 581. The van der Waals surface area contributed by atoms with E-state index in [4.69, 9.17) is 0 Å². The second kappa shape index (κ2) is 5.06. The van der Waals surface area contributed by atoms with Gasteiger partial charge in [0.25, 0.3) is 0 Å². The van der Waals surface area contributed by atoms with Gasteiger partial charge in [-0.1, -0.05) is 6.07 Å². The number of halogens is 1. The van der Waals surface area contributed by atoms with Crippen molar-refractivity contribution in [2.75, 3.05) is 7.05 Å². The maximum Gasteiger partial charge on any atom is 0.123 e. The van der Waals surface area contributed by atoms with Crippen molar-refractivity contribution in [1.29, 1.82) is 0 Å². The minimum atomic E-state index is -0.162. The smallest absolute Gasteiger partial charge is 0.123 e. The number of hydrogen-bond acceptors (Lipinski definition) is 2. The molecule has 1 heterocycles. The molecule has 0 spiro atoms. The Balaban J connectivity index is 1.99. The molecular formula is C16H18FNS. The van der Waals surface area contributed by atoms with Crippen molar-refractivity contribution in [1.82, 2.24) is 5.32 Å². The standard InChI is InChI=1S/C16H18FNS/c1-10-8-12(17)6-7-13(10)16(18-2)15-9-11-4-3-5-14(11)19-15/h6-9,16,18H,3-5H2,1-2H3. The average molecular weight is 275 g/mol. The van der Waals surface area contributed by atoms with E-state index in [1.807, 2.05) is 31.4 Å². The van der Waals surface area contributed by atoms with E-state index < -0.39 is 0 Å². The van der Waals surface area contributed by atoms with Gasteiger partial charge < -0.3 is 5.32 Å². The first kappa shape index (κ1) is 12.8. The van der Waals surface area contributed by atoms with Crippen molar-refractivity contribution >= 4 is 11.3 Å². The Morgan fingerprint density at radius 3 is 2.79 bits per heavy atom. The van der Waals surface area contributed by atoms with E-state index >= 15 is 0 Å². The fourth-order valence-electron chi connectivity index (χ4n) is 2.91. The summed E-state index contributed by atoms with van der Waals surface area (Å²) in [5.41, 5.74) is 3.69. The Morgan fingerprint density at radius 1 is 1.26 bits per heavy atom. The minimum Gasteiger partial charge on any atom is -0.309 e. The van der Waals surface area contributed by atoms with E-state index in [0.29, 0.717) is 0 Å². The maximum absolute atomic E-state index is 13.2. The van der Waals surface area contributed by atoms with Gasteiger partial charge in [0.1, 0.15) is 5.82 Å². The monoisotopic (exact) mass is 275 g/mol. The molecule has 100 valence electrons. The second-order valence-corrected chi connectivity index (χ2v) is 6.34. The van der Waals surface area contributed by atoms with Gasteiger partial charge in [0, 0.05) is 9.75 Å². The molecule has 3 heteroatoms. The molecule has 1 aromatic heterocycles. The predicted octanol–water partition coefficient (Wildman–Crippen LogP) is 3.99. The first-order chi connectivity index (χ1) is 9.19. The largest absolute Gasteiger partial charge is 0.309 e. The third kappa shape index (κ3) is 2.33. The highest BCUT2D eigenvalue weighted by atomic mass is 32.1. The molecule has 1 atom stereocenters. The van der Waals surface area contributed by atoms with Gasteiger partial charge in [-0.15, -0.1) is 11.3 Å². The van der Waals surface area contributed by atoms with Crippen LogP contribution in [0.15, 0.2) is 24.3 Å². The first-order valence-corrected chi connectivity index (χ1v) is 7.55. The molecule has 1 aliphatic carbocycles. The van der Waals surface area contributed by atoms with E-state index in [2.05, 4.69) is 11.4 Å². The molecule has 0 saturated carbocycles. The van der Waals surface area contributed by atoms with E-state index in [1.165, 1.54) is 40.1 Å². The molecule has 2 aromatic rings. The topological polar surface area (TPSA) is 12.0 Å². The van der Waals surface area contributed by atoms with Gasteiger partial charge in [-0.3, -0.25) is 0 Å². The van der Waals surface area contributed by atoms with Crippen molar-refractivity contribution in [2.45, 2.75) is 32.2 Å². The Kier molecular flexibility index (Phi) is 3.42. The molecule has 1 aliphatic rings. The van der Waals surface area contributed by atoms with Gasteiger partial charge in [-0.25, -0.2) is 4.39 Å². The quantitative estimate of drug-likeness (QED) is 0.893. The molecule has 0 fully saturated rings. The van der Waals surface area contributed by atoms with Crippen LogP contribution in [-0.2, 0) is 12.8 Å². The van der Waals surface area contributed by atoms with Crippen LogP contribution in [-0.4, -0.2) is 7.05 Å². The molecule has 1 aromatic carbocycles. The Labute approximate surface area is 117 Å². The van der Waals surface area contributed by atoms with Crippen LogP contribution in [0, 0.1) is 12.7 Å². The van der Waals surface area contributed by atoms with Crippen LogP contribution in [0.3, 0.4) is 0 Å². The van der Waals surface area contributed by atoms with Crippen LogP contribution in [0.2, 0.25) is 0 Å². The lowest BCUT2D eigenvalue weighted by atomic mass is 9.99. The summed E-state index contributed by atoms with van der Waals surface area (Å²) in [5, 5.41) is 3.37.